The van der Waals surface area contributed by atoms with Crippen molar-refractivity contribution in [1.82, 2.24) is 10.6 Å². The van der Waals surface area contributed by atoms with Crippen LogP contribution in [-0.2, 0) is 12.7 Å². The molecule has 0 saturated heterocycles. The third kappa shape index (κ3) is 4.63. The summed E-state index contributed by atoms with van der Waals surface area (Å²) in [5, 5.41) is 6.74. The fourth-order valence-electron chi connectivity index (χ4n) is 2.78. The van der Waals surface area contributed by atoms with Gasteiger partial charge in [0.05, 0.1) is 11.6 Å². The van der Waals surface area contributed by atoms with Crippen LogP contribution in [0, 0.1) is 0 Å². The molecule has 0 fully saturated rings. The van der Waals surface area contributed by atoms with Gasteiger partial charge in [0.1, 0.15) is 0 Å². The number of hydrogen-bond acceptors (Lipinski definition) is 2. The average molecular weight is 379 g/mol. The summed E-state index contributed by atoms with van der Waals surface area (Å²) in [6.07, 6.45) is -4.30. The van der Waals surface area contributed by atoms with E-state index in [-0.39, 0.29) is 30.9 Å². The lowest BCUT2D eigenvalue weighted by molar-refractivity contribution is -0.137. The largest absolute Gasteiger partial charge is 0.416 e. The second kappa shape index (κ2) is 8.72. The van der Waals surface area contributed by atoms with Gasteiger partial charge in [-0.05, 0) is 28.8 Å². The fourth-order valence-corrected chi connectivity index (χ4v) is 2.78. The van der Waals surface area contributed by atoms with E-state index in [9.17, 15) is 13.2 Å². The van der Waals surface area contributed by atoms with Crippen LogP contribution in [0.3, 0.4) is 0 Å². The maximum atomic E-state index is 12.7. The van der Waals surface area contributed by atoms with E-state index in [1.165, 1.54) is 5.56 Å². The van der Waals surface area contributed by atoms with Gasteiger partial charge in [0.15, 0.2) is 0 Å². The van der Waals surface area contributed by atoms with Crippen LogP contribution >= 0.6 is 24.8 Å². The van der Waals surface area contributed by atoms with Crippen LogP contribution in [0.1, 0.15) is 28.3 Å². The normalized spacial score (nSPS) is 17.5. The highest BCUT2D eigenvalue weighted by Gasteiger charge is 2.30. The van der Waals surface area contributed by atoms with Crippen molar-refractivity contribution in [2.24, 2.45) is 0 Å². The van der Waals surface area contributed by atoms with Gasteiger partial charge >= 0.3 is 6.18 Å². The predicted molar refractivity (Wildman–Crippen MR) is 93.9 cm³/mol. The van der Waals surface area contributed by atoms with Gasteiger partial charge in [0.25, 0.3) is 0 Å². The first-order valence-corrected chi connectivity index (χ1v) is 7.25. The van der Waals surface area contributed by atoms with Crippen LogP contribution in [0.5, 0.6) is 0 Å². The molecular formula is C17H19Cl2F3N2. The number of alkyl halides is 3. The van der Waals surface area contributed by atoms with E-state index in [0.29, 0.717) is 0 Å². The van der Waals surface area contributed by atoms with Gasteiger partial charge in [-0.3, -0.25) is 0 Å². The molecule has 0 bridgehead atoms. The molecule has 3 rings (SSSR count). The van der Waals surface area contributed by atoms with Gasteiger partial charge in [-0.15, -0.1) is 24.8 Å². The van der Waals surface area contributed by atoms with Crippen molar-refractivity contribution in [2.75, 3.05) is 13.1 Å². The van der Waals surface area contributed by atoms with Gasteiger partial charge in [0.2, 0.25) is 0 Å². The van der Waals surface area contributed by atoms with E-state index >= 15 is 0 Å². The SMILES string of the molecule is Cl.Cl.FC(F)(F)c1ccc(C2NCCNCc3ccccc32)cc1. The molecule has 132 valence electrons. The van der Waals surface area contributed by atoms with Gasteiger partial charge in [-0.1, -0.05) is 36.4 Å². The molecule has 0 radical (unpaired) electrons. The second-order valence-corrected chi connectivity index (χ2v) is 5.38. The molecule has 1 aliphatic heterocycles. The highest BCUT2D eigenvalue weighted by Crippen LogP contribution is 2.31. The molecule has 1 aliphatic rings. The van der Waals surface area contributed by atoms with Gasteiger partial charge in [-0.2, -0.15) is 13.2 Å². The minimum Gasteiger partial charge on any atom is -0.311 e. The molecule has 24 heavy (non-hydrogen) atoms. The lowest BCUT2D eigenvalue weighted by Gasteiger charge is -2.25. The fraction of sp³-hybridized carbons (Fsp3) is 0.294. The number of halogens is 5. The van der Waals surface area contributed by atoms with Gasteiger partial charge < -0.3 is 10.6 Å². The summed E-state index contributed by atoms with van der Waals surface area (Å²) in [7, 11) is 0. The monoisotopic (exact) mass is 378 g/mol. The number of rotatable bonds is 1. The zero-order valence-corrected chi connectivity index (χ0v) is 14.4. The molecule has 2 N–H and O–H groups in total. The zero-order chi connectivity index (χ0) is 15.6. The van der Waals surface area contributed by atoms with Crippen LogP contribution < -0.4 is 10.6 Å². The standard InChI is InChI=1S/C17H17F3N2.2ClH/c18-17(19,20)14-7-5-12(6-8-14)16-15-4-2-1-3-13(15)11-21-9-10-22-16;;/h1-8,16,21-22H,9-11H2;2*1H. The summed E-state index contributed by atoms with van der Waals surface area (Å²) in [5.41, 5.74) is 2.51. The van der Waals surface area contributed by atoms with E-state index in [2.05, 4.69) is 10.6 Å². The molecule has 0 aromatic heterocycles. The molecule has 1 heterocycles. The van der Waals surface area contributed by atoms with Crippen molar-refractivity contribution in [2.45, 2.75) is 18.8 Å². The van der Waals surface area contributed by atoms with Crippen molar-refractivity contribution in [1.29, 1.82) is 0 Å². The van der Waals surface area contributed by atoms with E-state index < -0.39 is 11.7 Å². The number of nitrogens with one attached hydrogen (secondary N) is 2. The minimum absolute atomic E-state index is 0. The van der Waals surface area contributed by atoms with E-state index in [1.807, 2.05) is 24.3 Å². The summed E-state index contributed by atoms with van der Waals surface area (Å²) >= 11 is 0. The summed E-state index contributed by atoms with van der Waals surface area (Å²) in [6, 6.07) is 13.3. The third-order valence-corrected chi connectivity index (χ3v) is 3.90. The zero-order valence-electron chi connectivity index (χ0n) is 12.8. The summed E-state index contributed by atoms with van der Waals surface area (Å²) in [4.78, 5) is 0. The Balaban J connectivity index is 0.00000144. The van der Waals surface area contributed by atoms with Crippen molar-refractivity contribution < 1.29 is 13.2 Å². The average Bonchev–Trinajstić information content (AvgIpc) is 2.48. The molecule has 0 saturated carbocycles. The number of fused-ring (bicyclic) bond motifs is 1. The quantitative estimate of drug-likeness (QED) is 0.771. The minimum atomic E-state index is -4.30. The van der Waals surface area contributed by atoms with Crippen LogP contribution in [0.4, 0.5) is 13.2 Å². The molecule has 0 aliphatic carbocycles. The van der Waals surface area contributed by atoms with Crippen LogP contribution in [0.2, 0.25) is 0 Å². The predicted octanol–water partition coefficient (Wildman–Crippen LogP) is 4.33. The maximum Gasteiger partial charge on any atom is 0.416 e. The summed E-state index contributed by atoms with van der Waals surface area (Å²) in [6.45, 7) is 2.36. The molecule has 7 heteroatoms. The van der Waals surface area contributed by atoms with E-state index in [0.717, 1.165) is 42.9 Å². The maximum absolute atomic E-state index is 12.7. The van der Waals surface area contributed by atoms with E-state index in [1.54, 1.807) is 12.1 Å². The Morgan fingerprint density at radius 1 is 0.875 bits per heavy atom. The van der Waals surface area contributed by atoms with Crippen LogP contribution in [-0.4, -0.2) is 13.1 Å². The first-order valence-electron chi connectivity index (χ1n) is 7.25. The molecular weight excluding hydrogens is 360 g/mol. The molecule has 2 aromatic rings. The third-order valence-electron chi connectivity index (χ3n) is 3.90. The number of benzene rings is 2. The second-order valence-electron chi connectivity index (χ2n) is 5.38. The Morgan fingerprint density at radius 3 is 2.21 bits per heavy atom. The molecule has 0 spiro atoms. The Bertz CT molecular complexity index is 645. The lowest BCUT2D eigenvalue weighted by Crippen LogP contribution is -2.34. The first-order chi connectivity index (χ1) is 10.6. The van der Waals surface area contributed by atoms with Gasteiger partial charge in [-0.25, -0.2) is 0 Å². The van der Waals surface area contributed by atoms with Crippen LogP contribution in [0.15, 0.2) is 48.5 Å². The van der Waals surface area contributed by atoms with Gasteiger partial charge in [0, 0.05) is 19.6 Å². The highest BCUT2D eigenvalue weighted by molar-refractivity contribution is 5.85. The van der Waals surface area contributed by atoms with Crippen LogP contribution in [0.25, 0.3) is 0 Å². The van der Waals surface area contributed by atoms with Crippen molar-refractivity contribution in [3.63, 3.8) is 0 Å². The Labute approximate surface area is 151 Å². The summed E-state index contributed by atoms with van der Waals surface area (Å²) < 4.78 is 38.1. The topological polar surface area (TPSA) is 24.1 Å². The van der Waals surface area contributed by atoms with Crippen molar-refractivity contribution in [3.05, 3.63) is 70.8 Å². The molecule has 2 nitrogen and oxygen atoms in total. The Hall–Kier alpha value is -1.27. The van der Waals surface area contributed by atoms with E-state index in [4.69, 9.17) is 0 Å². The first kappa shape index (κ1) is 20.8. The summed E-state index contributed by atoms with van der Waals surface area (Å²) in [5.74, 6) is 0. The molecule has 2 aromatic carbocycles. The highest BCUT2D eigenvalue weighted by atomic mass is 35.5. The molecule has 0 amide bonds. The van der Waals surface area contributed by atoms with Crippen molar-refractivity contribution >= 4 is 24.8 Å². The lowest BCUT2D eigenvalue weighted by atomic mass is 9.93. The smallest absolute Gasteiger partial charge is 0.311 e. The molecule has 1 unspecified atom stereocenters. The Kier molecular flexibility index (Phi) is 7.55. The molecule has 1 atom stereocenters. The number of hydrogen-bond donors (Lipinski definition) is 2. The Morgan fingerprint density at radius 2 is 1.54 bits per heavy atom. The van der Waals surface area contributed by atoms with Crippen molar-refractivity contribution in [3.8, 4) is 0 Å².